The molecule has 1 rings (SSSR count). The van der Waals surface area contributed by atoms with E-state index in [0.29, 0.717) is 19.3 Å². The molecule has 112 valence electrons. The van der Waals surface area contributed by atoms with Crippen LogP contribution in [0.1, 0.15) is 46.0 Å². The Bertz CT molecular complexity index is 316. The third-order valence-electron chi connectivity index (χ3n) is 3.91. The Morgan fingerprint density at radius 1 is 1.37 bits per heavy atom. The van der Waals surface area contributed by atoms with Crippen molar-refractivity contribution in [3.63, 3.8) is 0 Å². The molecule has 1 aliphatic carbocycles. The summed E-state index contributed by atoms with van der Waals surface area (Å²) in [7, 11) is 0. The predicted octanol–water partition coefficient (Wildman–Crippen LogP) is 2.63. The maximum atomic E-state index is 12.6. The molecule has 1 fully saturated rings. The summed E-state index contributed by atoms with van der Waals surface area (Å²) in [5.41, 5.74) is -1.01. The number of hydrogen-bond acceptors (Lipinski definition) is 2. The molecule has 0 radical (unpaired) electrons. The molecule has 3 unspecified atom stereocenters. The topological polar surface area (TPSA) is 49.3 Å². The second-order valence-corrected chi connectivity index (χ2v) is 5.67. The molecule has 1 aliphatic rings. The van der Waals surface area contributed by atoms with Crippen molar-refractivity contribution in [2.45, 2.75) is 57.7 Å². The predicted molar refractivity (Wildman–Crippen MR) is 65.4 cm³/mol. The normalized spacial score (nSPS) is 27.7. The van der Waals surface area contributed by atoms with Crippen molar-refractivity contribution < 1.29 is 23.1 Å². The van der Waals surface area contributed by atoms with Crippen molar-refractivity contribution >= 4 is 5.91 Å². The molecule has 3 atom stereocenters. The first-order valence-corrected chi connectivity index (χ1v) is 6.72. The lowest BCUT2D eigenvalue weighted by Crippen LogP contribution is -2.44. The number of carbonyl (C=O) groups is 1. The van der Waals surface area contributed by atoms with Crippen LogP contribution in [0.25, 0.3) is 0 Å². The Hall–Kier alpha value is -0.780. The van der Waals surface area contributed by atoms with Crippen LogP contribution < -0.4 is 5.32 Å². The van der Waals surface area contributed by atoms with E-state index in [1.165, 1.54) is 0 Å². The molecule has 0 saturated heterocycles. The molecule has 0 aromatic heterocycles. The molecule has 19 heavy (non-hydrogen) atoms. The van der Waals surface area contributed by atoms with Crippen LogP contribution in [-0.4, -0.2) is 29.3 Å². The number of hydrogen-bond donors (Lipinski definition) is 2. The van der Waals surface area contributed by atoms with E-state index in [9.17, 15) is 23.1 Å². The molecular formula is C13H22F3NO2. The van der Waals surface area contributed by atoms with Crippen LogP contribution in [-0.2, 0) is 4.79 Å². The maximum Gasteiger partial charge on any atom is 0.391 e. The van der Waals surface area contributed by atoms with Crippen molar-refractivity contribution in [2.24, 2.45) is 11.8 Å². The van der Waals surface area contributed by atoms with Crippen LogP contribution in [0.3, 0.4) is 0 Å². The van der Waals surface area contributed by atoms with Gasteiger partial charge in [0.1, 0.15) is 0 Å². The molecule has 0 aliphatic heterocycles. The Kier molecular flexibility index (Phi) is 5.24. The number of aliphatic hydroxyl groups is 1. The lowest BCUT2D eigenvalue weighted by molar-refractivity contribution is -0.186. The zero-order valence-corrected chi connectivity index (χ0v) is 11.4. The van der Waals surface area contributed by atoms with E-state index in [1.54, 1.807) is 13.8 Å². The van der Waals surface area contributed by atoms with Gasteiger partial charge in [0.2, 0.25) is 5.91 Å². The quantitative estimate of drug-likeness (QED) is 0.832. The molecular weight excluding hydrogens is 259 g/mol. The molecule has 0 aromatic carbocycles. The minimum Gasteiger partial charge on any atom is -0.388 e. The summed E-state index contributed by atoms with van der Waals surface area (Å²) in [6, 6.07) is 0. The molecule has 1 amide bonds. The third-order valence-corrected chi connectivity index (χ3v) is 3.91. The van der Waals surface area contributed by atoms with Crippen molar-refractivity contribution in [1.29, 1.82) is 0 Å². The number of rotatable bonds is 4. The third kappa shape index (κ3) is 5.01. The fourth-order valence-corrected chi connectivity index (χ4v) is 2.27. The highest BCUT2D eigenvalue weighted by molar-refractivity contribution is 5.78. The summed E-state index contributed by atoms with van der Waals surface area (Å²) in [4.78, 5) is 11.8. The fraction of sp³-hybridized carbons (Fsp3) is 0.923. The highest BCUT2D eigenvalue weighted by Crippen LogP contribution is 2.39. The lowest BCUT2D eigenvalue weighted by atomic mass is 9.80. The van der Waals surface area contributed by atoms with Crippen LogP contribution >= 0.6 is 0 Å². The van der Waals surface area contributed by atoms with Gasteiger partial charge in [-0.25, -0.2) is 0 Å². The molecule has 2 N–H and O–H groups in total. The highest BCUT2D eigenvalue weighted by atomic mass is 19.4. The first-order chi connectivity index (χ1) is 8.65. The van der Waals surface area contributed by atoms with Gasteiger partial charge < -0.3 is 10.4 Å². The van der Waals surface area contributed by atoms with Crippen molar-refractivity contribution in [1.82, 2.24) is 5.32 Å². The summed E-state index contributed by atoms with van der Waals surface area (Å²) in [5, 5.41) is 12.3. The summed E-state index contributed by atoms with van der Waals surface area (Å²) >= 11 is 0. The Balaban J connectivity index is 2.49. The Labute approximate surface area is 111 Å². The van der Waals surface area contributed by atoms with E-state index in [2.05, 4.69) is 5.32 Å². The van der Waals surface area contributed by atoms with Gasteiger partial charge >= 0.3 is 6.18 Å². The van der Waals surface area contributed by atoms with Gasteiger partial charge in [0.25, 0.3) is 0 Å². The van der Waals surface area contributed by atoms with Crippen molar-refractivity contribution in [3.8, 4) is 0 Å². The highest BCUT2D eigenvalue weighted by Gasteiger charge is 2.43. The van der Waals surface area contributed by atoms with E-state index >= 15 is 0 Å². The van der Waals surface area contributed by atoms with E-state index in [-0.39, 0.29) is 25.3 Å². The van der Waals surface area contributed by atoms with Crippen LogP contribution in [0.15, 0.2) is 0 Å². The molecule has 3 nitrogen and oxygen atoms in total. The summed E-state index contributed by atoms with van der Waals surface area (Å²) in [6.07, 6.45) is -2.85. The summed E-state index contributed by atoms with van der Waals surface area (Å²) in [5.74, 6) is -2.33. The summed E-state index contributed by atoms with van der Waals surface area (Å²) < 4.78 is 37.9. The molecule has 0 bridgehead atoms. The standard InChI is InChI=1S/C13H22F3NO2/c1-3-12(2,19)8-17-11(18)9-5-4-6-10(7-9)13(14,15)16/h9-10,19H,3-8H2,1-2H3,(H,17,18). The average Bonchev–Trinajstić information content (AvgIpc) is 2.35. The van der Waals surface area contributed by atoms with Gasteiger partial charge in [-0.1, -0.05) is 13.3 Å². The first kappa shape index (κ1) is 16.3. The Morgan fingerprint density at radius 3 is 2.53 bits per heavy atom. The van der Waals surface area contributed by atoms with E-state index in [1.807, 2.05) is 0 Å². The zero-order chi connectivity index (χ0) is 14.7. The first-order valence-electron chi connectivity index (χ1n) is 6.72. The van der Waals surface area contributed by atoms with Crippen LogP contribution in [0.5, 0.6) is 0 Å². The smallest absolute Gasteiger partial charge is 0.388 e. The number of alkyl halides is 3. The van der Waals surface area contributed by atoms with E-state index < -0.39 is 23.6 Å². The van der Waals surface area contributed by atoms with Gasteiger partial charge in [-0.15, -0.1) is 0 Å². The monoisotopic (exact) mass is 281 g/mol. The molecule has 6 heteroatoms. The van der Waals surface area contributed by atoms with E-state index in [0.717, 1.165) is 0 Å². The van der Waals surface area contributed by atoms with Gasteiger partial charge in [-0.2, -0.15) is 13.2 Å². The molecule has 0 aromatic rings. The van der Waals surface area contributed by atoms with Crippen molar-refractivity contribution in [2.75, 3.05) is 6.54 Å². The number of carbonyl (C=O) groups excluding carboxylic acids is 1. The minimum atomic E-state index is -4.21. The Morgan fingerprint density at radius 2 is 2.00 bits per heavy atom. The van der Waals surface area contributed by atoms with Gasteiger partial charge in [0.05, 0.1) is 11.5 Å². The largest absolute Gasteiger partial charge is 0.391 e. The van der Waals surface area contributed by atoms with Gasteiger partial charge in [0.15, 0.2) is 0 Å². The van der Waals surface area contributed by atoms with Crippen LogP contribution in [0, 0.1) is 11.8 Å². The minimum absolute atomic E-state index is 0.0789. The second kappa shape index (κ2) is 6.11. The average molecular weight is 281 g/mol. The molecule has 0 heterocycles. The van der Waals surface area contributed by atoms with Crippen LogP contribution in [0.4, 0.5) is 13.2 Å². The second-order valence-electron chi connectivity index (χ2n) is 5.67. The van der Waals surface area contributed by atoms with Gasteiger partial charge in [-0.3, -0.25) is 4.79 Å². The number of nitrogens with one attached hydrogen (secondary N) is 1. The number of amides is 1. The SMILES string of the molecule is CCC(C)(O)CNC(=O)C1CCCC(C(F)(F)F)C1. The maximum absolute atomic E-state index is 12.6. The van der Waals surface area contributed by atoms with Gasteiger partial charge in [-0.05, 0) is 32.6 Å². The van der Waals surface area contributed by atoms with Crippen LogP contribution in [0.2, 0.25) is 0 Å². The van der Waals surface area contributed by atoms with E-state index in [4.69, 9.17) is 0 Å². The summed E-state index contributed by atoms with van der Waals surface area (Å²) in [6.45, 7) is 3.45. The van der Waals surface area contributed by atoms with Crippen molar-refractivity contribution in [3.05, 3.63) is 0 Å². The molecule has 1 saturated carbocycles. The lowest BCUT2D eigenvalue weighted by Gasteiger charge is -2.30. The fourth-order valence-electron chi connectivity index (χ4n) is 2.27. The number of halogens is 3. The molecule has 0 spiro atoms. The zero-order valence-electron chi connectivity index (χ0n) is 11.4. The van der Waals surface area contributed by atoms with Gasteiger partial charge in [0, 0.05) is 12.5 Å².